The molecular weight excluding hydrogens is 414 g/mol. The standard InChI is InChI=1S/C26H33N5O2/c1-14-6-21-16(4-5-33-21)9-19(14)28-24-27-13-20-23(29-24)31(25(32)30(20)3)22-17-7-15-8-18(22)12-26(2,10-15)11-17/h6,9,13,15-18,21-22H,4-5,7-8,10-12H2,1-3H3,(H,27,28,29). The van der Waals surface area contributed by atoms with Gasteiger partial charge in [0, 0.05) is 31.3 Å². The van der Waals surface area contributed by atoms with E-state index >= 15 is 0 Å². The van der Waals surface area contributed by atoms with Crippen molar-refractivity contribution in [2.24, 2.45) is 36.1 Å². The summed E-state index contributed by atoms with van der Waals surface area (Å²) in [4.78, 5) is 23.0. The number of aryl methyl sites for hydroxylation is 1. The molecule has 8 rings (SSSR count). The minimum Gasteiger partial charge on any atom is -0.373 e. The molecule has 0 amide bonds. The molecule has 5 fully saturated rings. The number of hydrogen-bond donors (Lipinski definition) is 1. The number of nitrogens with zero attached hydrogens (tertiary/aromatic N) is 4. The lowest BCUT2D eigenvalue weighted by Crippen LogP contribution is -2.51. The maximum absolute atomic E-state index is 13.5. The lowest BCUT2D eigenvalue weighted by Gasteiger charge is -2.59. The molecule has 4 saturated carbocycles. The first-order chi connectivity index (χ1) is 15.9. The number of allylic oxidation sites excluding steroid dienone is 1. The molecule has 4 bridgehead atoms. The van der Waals surface area contributed by atoms with E-state index < -0.39 is 0 Å². The van der Waals surface area contributed by atoms with Gasteiger partial charge < -0.3 is 10.1 Å². The second kappa shape index (κ2) is 6.81. The Balaban J connectivity index is 1.28. The predicted molar refractivity (Wildman–Crippen MR) is 127 cm³/mol. The van der Waals surface area contributed by atoms with E-state index in [0.717, 1.165) is 41.4 Å². The van der Waals surface area contributed by atoms with Gasteiger partial charge in [-0.3, -0.25) is 9.13 Å². The van der Waals surface area contributed by atoms with Gasteiger partial charge in [-0.15, -0.1) is 0 Å². The molecule has 33 heavy (non-hydrogen) atoms. The number of hydrogen-bond acceptors (Lipinski definition) is 5. The second-order valence-electron chi connectivity index (χ2n) is 11.7. The maximum atomic E-state index is 13.5. The molecule has 3 heterocycles. The molecule has 2 aromatic rings. The van der Waals surface area contributed by atoms with Gasteiger partial charge in [0.05, 0.1) is 12.3 Å². The molecule has 4 atom stereocenters. The highest BCUT2D eigenvalue weighted by molar-refractivity contribution is 5.72. The van der Waals surface area contributed by atoms with E-state index in [4.69, 9.17) is 9.72 Å². The number of imidazole rings is 1. The van der Waals surface area contributed by atoms with Crippen LogP contribution >= 0.6 is 0 Å². The van der Waals surface area contributed by atoms with Crippen molar-refractivity contribution in [2.45, 2.75) is 64.5 Å². The minimum atomic E-state index is 0.0537. The third-order valence-electron chi connectivity index (χ3n) is 9.31. The summed E-state index contributed by atoms with van der Waals surface area (Å²) in [5.74, 6) is 2.99. The summed E-state index contributed by atoms with van der Waals surface area (Å²) in [5, 5.41) is 3.46. The van der Waals surface area contributed by atoms with Gasteiger partial charge in [-0.1, -0.05) is 19.1 Å². The average Bonchev–Trinajstić information content (AvgIpc) is 3.30. The Labute approximate surface area is 193 Å². The van der Waals surface area contributed by atoms with Crippen LogP contribution in [-0.2, 0) is 11.8 Å². The molecule has 6 aliphatic rings. The van der Waals surface area contributed by atoms with Crippen LogP contribution in [0.25, 0.3) is 11.2 Å². The zero-order valence-electron chi connectivity index (χ0n) is 19.8. The zero-order chi connectivity index (χ0) is 22.5. The SMILES string of the molecule is CC1=CC2OCCC2C=C1Nc1ncc2c(n1)n(C1C3CC4CC1CC(C)(C4)C3)c(=O)n2C. The highest BCUT2D eigenvalue weighted by atomic mass is 16.5. The van der Waals surface area contributed by atoms with Crippen molar-refractivity contribution in [2.75, 3.05) is 11.9 Å². The Morgan fingerprint density at radius 1 is 1.18 bits per heavy atom. The molecule has 0 aromatic carbocycles. The van der Waals surface area contributed by atoms with Crippen molar-refractivity contribution in [1.29, 1.82) is 0 Å². The second-order valence-corrected chi connectivity index (χ2v) is 11.7. The van der Waals surface area contributed by atoms with E-state index in [0.29, 0.717) is 29.1 Å². The molecule has 1 saturated heterocycles. The molecule has 0 radical (unpaired) electrons. The number of fused-ring (bicyclic) bond motifs is 2. The molecule has 7 heteroatoms. The largest absolute Gasteiger partial charge is 0.373 e. The van der Waals surface area contributed by atoms with Crippen LogP contribution in [0.2, 0.25) is 0 Å². The fraction of sp³-hybridized carbons (Fsp3) is 0.654. The number of anilines is 1. The first-order valence-electron chi connectivity index (χ1n) is 12.6. The summed E-state index contributed by atoms with van der Waals surface area (Å²) in [7, 11) is 1.85. The van der Waals surface area contributed by atoms with Gasteiger partial charge in [-0.05, 0) is 74.2 Å². The number of aromatic nitrogens is 4. The van der Waals surface area contributed by atoms with Gasteiger partial charge in [-0.25, -0.2) is 9.78 Å². The number of ether oxygens (including phenoxy) is 1. The topological polar surface area (TPSA) is 74.0 Å². The molecule has 1 aliphatic heterocycles. The van der Waals surface area contributed by atoms with Gasteiger partial charge in [-0.2, -0.15) is 4.98 Å². The molecule has 7 nitrogen and oxygen atoms in total. The summed E-state index contributed by atoms with van der Waals surface area (Å²) in [6, 6.07) is 0.264. The summed E-state index contributed by atoms with van der Waals surface area (Å²) in [6.07, 6.45) is 13.9. The van der Waals surface area contributed by atoms with E-state index in [-0.39, 0.29) is 17.8 Å². The molecule has 4 unspecified atom stereocenters. The van der Waals surface area contributed by atoms with Crippen LogP contribution in [0.3, 0.4) is 0 Å². The Hall–Kier alpha value is -2.41. The van der Waals surface area contributed by atoms with Gasteiger partial charge in [0.25, 0.3) is 0 Å². The Morgan fingerprint density at radius 3 is 2.73 bits per heavy atom. The van der Waals surface area contributed by atoms with Crippen molar-refractivity contribution >= 4 is 17.1 Å². The van der Waals surface area contributed by atoms with Crippen LogP contribution in [0.15, 0.2) is 34.4 Å². The van der Waals surface area contributed by atoms with E-state index in [9.17, 15) is 4.79 Å². The maximum Gasteiger partial charge on any atom is 0.330 e. The smallest absolute Gasteiger partial charge is 0.330 e. The van der Waals surface area contributed by atoms with Crippen LogP contribution in [0.5, 0.6) is 0 Å². The third-order valence-corrected chi connectivity index (χ3v) is 9.31. The van der Waals surface area contributed by atoms with Crippen LogP contribution in [-0.4, -0.2) is 31.8 Å². The first-order valence-corrected chi connectivity index (χ1v) is 12.6. The summed E-state index contributed by atoms with van der Waals surface area (Å²) in [6.45, 7) is 5.38. The lowest BCUT2D eigenvalue weighted by molar-refractivity contribution is -0.0793. The highest BCUT2D eigenvalue weighted by Gasteiger charge is 2.54. The molecule has 2 aromatic heterocycles. The fourth-order valence-corrected chi connectivity index (χ4v) is 8.21. The molecule has 174 valence electrons. The van der Waals surface area contributed by atoms with Crippen molar-refractivity contribution in [3.8, 4) is 0 Å². The average molecular weight is 448 g/mol. The number of nitrogens with one attached hydrogen (secondary N) is 1. The molecular formula is C26H33N5O2. The molecule has 5 aliphatic carbocycles. The molecule has 1 N–H and O–H groups in total. The van der Waals surface area contributed by atoms with Gasteiger partial charge in [0.2, 0.25) is 5.95 Å². The van der Waals surface area contributed by atoms with E-state index in [2.05, 4.69) is 36.3 Å². The predicted octanol–water partition coefficient (Wildman–Crippen LogP) is 4.18. The fourth-order valence-electron chi connectivity index (χ4n) is 8.21. The van der Waals surface area contributed by atoms with Crippen molar-refractivity contribution in [1.82, 2.24) is 19.1 Å². The normalized spacial score (nSPS) is 39.0. The van der Waals surface area contributed by atoms with Crippen molar-refractivity contribution in [3.63, 3.8) is 0 Å². The quantitative estimate of drug-likeness (QED) is 0.764. The van der Waals surface area contributed by atoms with Crippen molar-refractivity contribution in [3.05, 3.63) is 40.1 Å². The van der Waals surface area contributed by atoms with Crippen LogP contribution in [0, 0.1) is 29.1 Å². The third kappa shape index (κ3) is 2.94. The first kappa shape index (κ1) is 20.0. The summed E-state index contributed by atoms with van der Waals surface area (Å²) < 4.78 is 9.59. The summed E-state index contributed by atoms with van der Waals surface area (Å²) >= 11 is 0. The van der Waals surface area contributed by atoms with E-state index in [1.54, 1.807) is 4.57 Å². The summed E-state index contributed by atoms with van der Waals surface area (Å²) in [5.41, 5.74) is 4.33. The monoisotopic (exact) mass is 447 g/mol. The van der Waals surface area contributed by atoms with E-state index in [1.807, 2.05) is 17.8 Å². The lowest BCUT2D eigenvalue weighted by atomic mass is 9.48. The van der Waals surface area contributed by atoms with E-state index in [1.165, 1.54) is 32.1 Å². The van der Waals surface area contributed by atoms with Gasteiger partial charge >= 0.3 is 5.69 Å². The van der Waals surface area contributed by atoms with Gasteiger partial charge in [0.15, 0.2) is 5.65 Å². The van der Waals surface area contributed by atoms with Crippen molar-refractivity contribution < 1.29 is 4.74 Å². The van der Waals surface area contributed by atoms with Crippen LogP contribution in [0.1, 0.15) is 58.4 Å². The highest BCUT2D eigenvalue weighted by Crippen LogP contribution is 2.63. The van der Waals surface area contributed by atoms with Crippen LogP contribution < -0.4 is 11.0 Å². The Kier molecular flexibility index (Phi) is 4.13. The number of rotatable bonds is 3. The van der Waals surface area contributed by atoms with Gasteiger partial charge in [0.1, 0.15) is 5.52 Å². The molecule has 0 spiro atoms. The zero-order valence-corrected chi connectivity index (χ0v) is 19.8. The van der Waals surface area contributed by atoms with Crippen LogP contribution in [0.4, 0.5) is 5.95 Å². The Bertz CT molecular complexity index is 1250. The minimum absolute atomic E-state index is 0.0537. The Morgan fingerprint density at radius 2 is 1.97 bits per heavy atom.